The maximum atomic E-state index is 13.1. The number of benzene rings is 2. The van der Waals surface area contributed by atoms with Crippen molar-refractivity contribution in [3.63, 3.8) is 0 Å². The first-order valence-corrected chi connectivity index (χ1v) is 10.2. The standard InChI is InChI=1S/C22H16FN3O4S/c1-2-25-21(27)20(31-22(25)24-16-8-6-15(23)7-9-16)13-18-10-11-19(30-18)14-4-3-5-17(12-14)26(28)29/h3-13H,2H2,1H3/b20-13+,24-22?. The van der Waals surface area contributed by atoms with Gasteiger partial charge in [-0.15, -0.1) is 0 Å². The van der Waals surface area contributed by atoms with Crippen LogP contribution >= 0.6 is 11.8 Å². The summed E-state index contributed by atoms with van der Waals surface area (Å²) in [6, 6.07) is 15.2. The number of furan rings is 1. The molecule has 3 aromatic rings. The number of hydrogen-bond donors (Lipinski definition) is 0. The number of non-ortho nitro benzene ring substituents is 1. The molecular formula is C22H16FN3O4S. The number of aliphatic imine (C=N–C) groups is 1. The Bertz CT molecular complexity index is 1220. The van der Waals surface area contributed by atoms with E-state index in [2.05, 4.69) is 4.99 Å². The Labute approximate surface area is 181 Å². The monoisotopic (exact) mass is 437 g/mol. The summed E-state index contributed by atoms with van der Waals surface area (Å²) in [7, 11) is 0. The van der Waals surface area contributed by atoms with Gasteiger partial charge in [-0.2, -0.15) is 0 Å². The van der Waals surface area contributed by atoms with Crippen molar-refractivity contribution in [1.29, 1.82) is 0 Å². The maximum absolute atomic E-state index is 13.1. The molecule has 2 aromatic carbocycles. The molecule has 0 saturated carbocycles. The molecule has 156 valence electrons. The van der Waals surface area contributed by atoms with E-state index in [1.165, 1.54) is 40.9 Å². The van der Waals surface area contributed by atoms with Gasteiger partial charge >= 0.3 is 0 Å². The second-order valence-electron chi connectivity index (χ2n) is 6.54. The Morgan fingerprint density at radius 3 is 2.68 bits per heavy atom. The molecule has 7 nitrogen and oxygen atoms in total. The number of nitro groups is 1. The number of nitro benzene ring substituents is 1. The number of hydrogen-bond acceptors (Lipinski definition) is 6. The lowest BCUT2D eigenvalue weighted by Crippen LogP contribution is -2.28. The van der Waals surface area contributed by atoms with E-state index in [1.54, 1.807) is 42.5 Å². The predicted molar refractivity (Wildman–Crippen MR) is 117 cm³/mol. The zero-order chi connectivity index (χ0) is 22.0. The smallest absolute Gasteiger partial charge is 0.270 e. The molecule has 1 aliphatic rings. The van der Waals surface area contributed by atoms with E-state index in [9.17, 15) is 19.3 Å². The third kappa shape index (κ3) is 4.41. The number of thioether (sulfide) groups is 1. The van der Waals surface area contributed by atoms with Crippen LogP contribution in [0.2, 0.25) is 0 Å². The third-order valence-electron chi connectivity index (χ3n) is 4.50. The molecular weight excluding hydrogens is 421 g/mol. The van der Waals surface area contributed by atoms with E-state index < -0.39 is 4.92 Å². The number of carbonyl (C=O) groups is 1. The van der Waals surface area contributed by atoms with Gasteiger partial charge in [0.25, 0.3) is 11.6 Å². The molecule has 2 heterocycles. The van der Waals surface area contributed by atoms with Crippen LogP contribution in [0.15, 0.2) is 75.0 Å². The van der Waals surface area contributed by atoms with Crippen LogP contribution in [0.1, 0.15) is 12.7 Å². The first-order chi connectivity index (χ1) is 14.9. The molecule has 0 bridgehead atoms. The number of rotatable bonds is 5. The molecule has 0 aliphatic carbocycles. The summed E-state index contributed by atoms with van der Waals surface area (Å²) in [6.07, 6.45) is 1.61. The van der Waals surface area contributed by atoms with Crippen molar-refractivity contribution in [3.8, 4) is 11.3 Å². The minimum Gasteiger partial charge on any atom is -0.457 e. The van der Waals surface area contributed by atoms with Gasteiger partial charge in [-0.25, -0.2) is 9.38 Å². The summed E-state index contributed by atoms with van der Waals surface area (Å²) in [6.45, 7) is 2.27. The van der Waals surface area contributed by atoms with Crippen LogP contribution in [-0.2, 0) is 4.79 Å². The van der Waals surface area contributed by atoms with Crippen LogP contribution in [0.4, 0.5) is 15.8 Å². The SMILES string of the molecule is CCN1C(=O)/C(=C\c2ccc(-c3cccc([N+](=O)[O-])c3)o2)SC1=Nc1ccc(F)cc1. The van der Waals surface area contributed by atoms with Gasteiger partial charge in [0.05, 0.1) is 15.5 Å². The van der Waals surface area contributed by atoms with Crippen LogP contribution in [0.25, 0.3) is 17.4 Å². The number of halogens is 1. The zero-order valence-electron chi connectivity index (χ0n) is 16.3. The fraction of sp³-hybridized carbons (Fsp3) is 0.0909. The Kier molecular flexibility index (Phi) is 5.68. The molecule has 0 spiro atoms. The summed E-state index contributed by atoms with van der Waals surface area (Å²) < 4.78 is 18.9. The van der Waals surface area contributed by atoms with Crippen molar-refractivity contribution in [2.24, 2.45) is 4.99 Å². The van der Waals surface area contributed by atoms with Gasteiger partial charge in [0.15, 0.2) is 5.17 Å². The summed E-state index contributed by atoms with van der Waals surface area (Å²) >= 11 is 1.20. The van der Waals surface area contributed by atoms with E-state index >= 15 is 0 Å². The Hall–Kier alpha value is -3.72. The Morgan fingerprint density at radius 1 is 1.19 bits per heavy atom. The highest BCUT2D eigenvalue weighted by Gasteiger charge is 2.32. The first kappa shape index (κ1) is 20.5. The van der Waals surface area contributed by atoms with Gasteiger partial charge in [-0.3, -0.25) is 19.8 Å². The van der Waals surface area contributed by atoms with E-state index in [0.717, 1.165) is 0 Å². The van der Waals surface area contributed by atoms with Gasteiger partial charge in [-0.05, 0) is 55.1 Å². The summed E-state index contributed by atoms with van der Waals surface area (Å²) in [5.74, 6) is 0.334. The number of amides is 1. The van der Waals surface area contributed by atoms with Crippen molar-refractivity contribution in [1.82, 2.24) is 4.90 Å². The molecule has 1 amide bonds. The van der Waals surface area contributed by atoms with E-state index in [1.807, 2.05) is 6.92 Å². The minimum absolute atomic E-state index is 0.0319. The summed E-state index contributed by atoms with van der Waals surface area (Å²) in [5.41, 5.74) is 1.08. The second kappa shape index (κ2) is 8.57. The Morgan fingerprint density at radius 2 is 1.97 bits per heavy atom. The predicted octanol–water partition coefficient (Wildman–Crippen LogP) is 5.62. The van der Waals surface area contributed by atoms with Gasteiger partial charge in [-0.1, -0.05) is 12.1 Å². The number of amidine groups is 1. The normalized spacial score (nSPS) is 16.5. The zero-order valence-corrected chi connectivity index (χ0v) is 17.1. The largest absolute Gasteiger partial charge is 0.457 e. The Balaban J connectivity index is 1.60. The van der Waals surface area contributed by atoms with E-state index in [0.29, 0.717) is 39.4 Å². The van der Waals surface area contributed by atoms with Crippen LogP contribution in [0.5, 0.6) is 0 Å². The molecule has 0 N–H and O–H groups in total. The third-order valence-corrected chi connectivity index (χ3v) is 5.50. The van der Waals surface area contributed by atoms with Crippen LogP contribution < -0.4 is 0 Å². The molecule has 1 aliphatic heterocycles. The quantitative estimate of drug-likeness (QED) is 0.294. The fourth-order valence-electron chi connectivity index (χ4n) is 2.98. The van der Waals surface area contributed by atoms with E-state index in [-0.39, 0.29) is 17.4 Å². The lowest BCUT2D eigenvalue weighted by Gasteiger charge is -2.11. The molecule has 0 radical (unpaired) electrons. The van der Waals surface area contributed by atoms with E-state index in [4.69, 9.17) is 4.42 Å². The minimum atomic E-state index is -0.468. The van der Waals surface area contributed by atoms with Crippen molar-refractivity contribution in [2.45, 2.75) is 6.92 Å². The molecule has 4 rings (SSSR count). The van der Waals surface area contributed by atoms with Gasteiger partial charge in [0.2, 0.25) is 0 Å². The second-order valence-corrected chi connectivity index (χ2v) is 7.55. The maximum Gasteiger partial charge on any atom is 0.270 e. The highest BCUT2D eigenvalue weighted by atomic mass is 32.2. The average Bonchev–Trinajstić information content (AvgIpc) is 3.34. The van der Waals surface area contributed by atoms with Gasteiger partial charge in [0, 0.05) is 30.3 Å². The van der Waals surface area contributed by atoms with Crippen molar-refractivity contribution >= 4 is 40.3 Å². The molecule has 1 fully saturated rings. The summed E-state index contributed by atoms with van der Waals surface area (Å²) in [5, 5.41) is 11.5. The van der Waals surface area contributed by atoms with Gasteiger partial charge < -0.3 is 4.42 Å². The topological polar surface area (TPSA) is 89.0 Å². The number of carbonyl (C=O) groups excluding carboxylic acids is 1. The van der Waals surface area contributed by atoms with Crippen molar-refractivity contribution in [2.75, 3.05) is 6.54 Å². The van der Waals surface area contributed by atoms with Crippen LogP contribution in [0.3, 0.4) is 0 Å². The summed E-state index contributed by atoms with van der Waals surface area (Å²) in [4.78, 5) is 29.7. The lowest BCUT2D eigenvalue weighted by molar-refractivity contribution is -0.384. The molecule has 1 aromatic heterocycles. The highest BCUT2D eigenvalue weighted by molar-refractivity contribution is 8.18. The molecule has 9 heteroatoms. The highest BCUT2D eigenvalue weighted by Crippen LogP contribution is 2.35. The number of nitrogens with zero attached hydrogens (tertiary/aromatic N) is 3. The number of likely N-dealkylation sites (N-methyl/N-ethyl adjacent to an activating group) is 1. The molecule has 0 unspecified atom stereocenters. The van der Waals surface area contributed by atoms with Crippen molar-refractivity contribution < 1.29 is 18.5 Å². The van der Waals surface area contributed by atoms with Crippen LogP contribution in [0, 0.1) is 15.9 Å². The first-order valence-electron chi connectivity index (χ1n) is 9.35. The lowest BCUT2D eigenvalue weighted by atomic mass is 10.1. The van der Waals surface area contributed by atoms with Crippen molar-refractivity contribution in [3.05, 3.63) is 87.3 Å². The fourth-order valence-corrected chi connectivity index (χ4v) is 4.03. The molecule has 31 heavy (non-hydrogen) atoms. The van der Waals surface area contributed by atoms with Crippen LogP contribution in [-0.4, -0.2) is 27.4 Å². The average molecular weight is 437 g/mol. The molecule has 0 atom stereocenters. The van der Waals surface area contributed by atoms with Gasteiger partial charge in [0.1, 0.15) is 17.3 Å². The molecule has 1 saturated heterocycles.